The van der Waals surface area contributed by atoms with Crippen molar-refractivity contribution in [2.45, 2.75) is 33.7 Å². The number of hydrogen-bond donors (Lipinski definition) is 3. The number of carbonyl (C=O) groups excluding carboxylic acids is 1. The lowest BCUT2D eigenvalue weighted by Gasteiger charge is -2.15. The van der Waals surface area contributed by atoms with Crippen LogP contribution < -0.4 is 10.6 Å². The van der Waals surface area contributed by atoms with Gasteiger partial charge in [0.25, 0.3) is 0 Å². The molecule has 2 amide bonds. The second-order valence-electron chi connectivity index (χ2n) is 4.93. The number of amides is 2. The molecule has 0 aliphatic heterocycles. The third-order valence-corrected chi connectivity index (χ3v) is 4.25. The van der Waals surface area contributed by atoms with E-state index in [9.17, 15) is 9.59 Å². The van der Waals surface area contributed by atoms with Gasteiger partial charge in [-0.1, -0.05) is 6.92 Å². The van der Waals surface area contributed by atoms with Crippen LogP contribution in [-0.2, 0) is 0 Å². The van der Waals surface area contributed by atoms with Crippen molar-refractivity contribution in [3.8, 4) is 0 Å². The van der Waals surface area contributed by atoms with Crippen LogP contribution in [-0.4, -0.2) is 34.7 Å². The van der Waals surface area contributed by atoms with E-state index in [1.807, 2.05) is 13.8 Å². The van der Waals surface area contributed by atoms with E-state index in [1.165, 1.54) is 6.07 Å². The van der Waals surface area contributed by atoms with Crippen LogP contribution in [0.5, 0.6) is 0 Å². The number of aromatic carboxylic acids is 1. The highest BCUT2D eigenvalue weighted by Crippen LogP contribution is 2.20. The minimum Gasteiger partial charge on any atom is -0.478 e. The van der Waals surface area contributed by atoms with Gasteiger partial charge in [0.15, 0.2) is 0 Å². The lowest BCUT2D eigenvalue weighted by molar-refractivity contribution is 0.0696. The number of hydrogen-bond acceptors (Lipinski definition) is 3. The number of thioether (sulfide) groups is 1. The summed E-state index contributed by atoms with van der Waals surface area (Å²) >= 11 is 1.76. The van der Waals surface area contributed by atoms with E-state index in [1.54, 1.807) is 24.8 Å². The molecule has 1 aromatic carbocycles. The van der Waals surface area contributed by atoms with Crippen LogP contribution in [0.15, 0.2) is 12.1 Å². The van der Waals surface area contributed by atoms with Gasteiger partial charge in [0.05, 0.1) is 5.56 Å². The Hall–Kier alpha value is -1.69. The molecule has 1 aromatic rings. The maximum Gasteiger partial charge on any atom is 0.336 e. The molecule has 1 rings (SSSR count). The summed E-state index contributed by atoms with van der Waals surface area (Å²) in [5.41, 5.74) is 2.24. The lowest BCUT2D eigenvalue weighted by atomic mass is 10.0. The molecule has 0 radical (unpaired) electrons. The Kier molecular flexibility index (Phi) is 6.55. The Morgan fingerprint density at radius 2 is 2.00 bits per heavy atom. The number of anilines is 1. The Morgan fingerprint density at radius 1 is 1.33 bits per heavy atom. The van der Waals surface area contributed by atoms with Crippen LogP contribution in [0.2, 0.25) is 0 Å². The lowest BCUT2D eigenvalue weighted by Crippen LogP contribution is -2.37. The second kappa shape index (κ2) is 7.93. The van der Waals surface area contributed by atoms with Gasteiger partial charge >= 0.3 is 12.0 Å². The molecular formula is C15H22N2O3S. The van der Waals surface area contributed by atoms with Crippen molar-refractivity contribution < 1.29 is 14.7 Å². The van der Waals surface area contributed by atoms with E-state index in [0.717, 1.165) is 17.1 Å². The molecule has 1 unspecified atom stereocenters. The average Bonchev–Trinajstić information content (AvgIpc) is 2.39. The molecule has 0 spiro atoms. The maximum atomic E-state index is 11.9. The third kappa shape index (κ3) is 5.30. The molecule has 116 valence electrons. The standard InChI is InChI=1S/C15H22N2O3S/c1-5-21-8-10(3)16-15(20)17-12-6-9(2)11(4)13(7-12)14(18)19/h6-7,10H,5,8H2,1-4H3,(H,18,19)(H2,16,17,20). The highest BCUT2D eigenvalue weighted by Gasteiger charge is 2.13. The molecule has 0 aromatic heterocycles. The molecule has 21 heavy (non-hydrogen) atoms. The van der Waals surface area contributed by atoms with Gasteiger partial charge in [-0.3, -0.25) is 0 Å². The largest absolute Gasteiger partial charge is 0.478 e. The number of carboxylic acids is 1. The van der Waals surface area contributed by atoms with Gasteiger partial charge < -0.3 is 15.7 Å². The third-order valence-electron chi connectivity index (χ3n) is 3.11. The maximum absolute atomic E-state index is 11.9. The van der Waals surface area contributed by atoms with Crippen LogP contribution in [0.3, 0.4) is 0 Å². The summed E-state index contributed by atoms with van der Waals surface area (Å²) < 4.78 is 0. The van der Waals surface area contributed by atoms with E-state index in [0.29, 0.717) is 11.3 Å². The average molecular weight is 310 g/mol. The van der Waals surface area contributed by atoms with Gasteiger partial charge in [0, 0.05) is 17.5 Å². The van der Waals surface area contributed by atoms with Crippen molar-refractivity contribution in [2.24, 2.45) is 0 Å². The van der Waals surface area contributed by atoms with Gasteiger partial charge in [-0.05, 0) is 49.8 Å². The number of benzene rings is 1. The number of urea groups is 1. The highest BCUT2D eigenvalue weighted by molar-refractivity contribution is 7.99. The fourth-order valence-corrected chi connectivity index (χ4v) is 2.55. The first kappa shape index (κ1) is 17.4. The number of aryl methyl sites for hydroxylation is 1. The van der Waals surface area contributed by atoms with Crippen molar-refractivity contribution in [1.29, 1.82) is 0 Å². The van der Waals surface area contributed by atoms with Crippen LogP contribution in [0.4, 0.5) is 10.5 Å². The van der Waals surface area contributed by atoms with Crippen molar-refractivity contribution in [3.63, 3.8) is 0 Å². The fraction of sp³-hybridized carbons (Fsp3) is 0.467. The predicted octanol–water partition coefficient (Wildman–Crippen LogP) is 3.26. The molecule has 0 fully saturated rings. The molecule has 0 saturated heterocycles. The van der Waals surface area contributed by atoms with Crippen LogP contribution >= 0.6 is 11.8 Å². The smallest absolute Gasteiger partial charge is 0.336 e. The summed E-state index contributed by atoms with van der Waals surface area (Å²) in [7, 11) is 0. The molecule has 1 atom stereocenters. The zero-order valence-electron chi connectivity index (χ0n) is 12.8. The SMILES string of the molecule is CCSCC(C)NC(=O)Nc1cc(C)c(C)c(C(=O)O)c1. The molecule has 3 N–H and O–H groups in total. The minimum atomic E-state index is -0.993. The molecule has 6 heteroatoms. The first-order valence-corrected chi connectivity index (χ1v) is 8.00. The number of rotatable bonds is 6. The zero-order valence-corrected chi connectivity index (χ0v) is 13.6. The zero-order chi connectivity index (χ0) is 16.0. The van der Waals surface area contributed by atoms with E-state index in [-0.39, 0.29) is 17.6 Å². The summed E-state index contributed by atoms with van der Waals surface area (Å²) in [6.45, 7) is 7.59. The van der Waals surface area contributed by atoms with Crippen LogP contribution in [0.25, 0.3) is 0 Å². The normalized spacial score (nSPS) is 11.8. The van der Waals surface area contributed by atoms with E-state index < -0.39 is 5.97 Å². The highest BCUT2D eigenvalue weighted by atomic mass is 32.2. The Bertz CT molecular complexity index is 532. The minimum absolute atomic E-state index is 0.0560. The van der Waals surface area contributed by atoms with Crippen LogP contribution in [0, 0.1) is 13.8 Å². The Labute approximate surface area is 129 Å². The summed E-state index contributed by atoms with van der Waals surface area (Å²) in [6, 6.07) is 2.99. The summed E-state index contributed by atoms with van der Waals surface area (Å²) in [5.74, 6) is 0.858. The summed E-state index contributed by atoms with van der Waals surface area (Å²) in [4.78, 5) is 23.1. The van der Waals surface area contributed by atoms with Crippen molar-refractivity contribution in [3.05, 3.63) is 28.8 Å². The topological polar surface area (TPSA) is 78.4 Å². The number of carboxylic acid groups (broad SMARTS) is 1. The number of nitrogens with one attached hydrogen (secondary N) is 2. The van der Waals surface area contributed by atoms with Crippen LogP contribution in [0.1, 0.15) is 35.3 Å². The molecule has 0 aliphatic rings. The summed E-state index contributed by atoms with van der Waals surface area (Å²) in [6.07, 6.45) is 0. The Balaban J connectivity index is 2.74. The number of carbonyl (C=O) groups is 2. The van der Waals surface area contributed by atoms with E-state index in [4.69, 9.17) is 5.11 Å². The monoisotopic (exact) mass is 310 g/mol. The molecule has 0 saturated carbocycles. The van der Waals surface area contributed by atoms with Gasteiger partial charge in [-0.15, -0.1) is 0 Å². The fourth-order valence-electron chi connectivity index (χ4n) is 1.88. The second-order valence-corrected chi connectivity index (χ2v) is 6.25. The van der Waals surface area contributed by atoms with Gasteiger partial charge in [0.1, 0.15) is 0 Å². The molecule has 0 heterocycles. The van der Waals surface area contributed by atoms with Gasteiger partial charge in [0.2, 0.25) is 0 Å². The van der Waals surface area contributed by atoms with Gasteiger partial charge in [-0.25, -0.2) is 9.59 Å². The molecule has 0 aliphatic carbocycles. The molecule has 5 nitrogen and oxygen atoms in total. The van der Waals surface area contributed by atoms with E-state index in [2.05, 4.69) is 17.6 Å². The van der Waals surface area contributed by atoms with Gasteiger partial charge in [-0.2, -0.15) is 11.8 Å². The quantitative estimate of drug-likeness (QED) is 0.753. The Morgan fingerprint density at radius 3 is 2.57 bits per heavy atom. The first-order chi connectivity index (χ1) is 9.85. The van der Waals surface area contributed by atoms with Crippen molar-refractivity contribution in [1.82, 2.24) is 5.32 Å². The van der Waals surface area contributed by atoms with E-state index >= 15 is 0 Å². The molecular weight excluding hydrogens is 288 g/mol. The first-order valence-electron chi connectivity index (χ1n) is 6.85. The van der Waals surface area contributed by atoms with Crippen molar-refractivity contribution in [2.75, 3.05) is 16.8 Å². The summed E-state index contributed by atoms with van der Waals surface area (Å²) in [5, 5.41) is 14.7. The van der Waals surface area contributed by atoms with Crippen molar-refractivity contribution >= 4 is 29.4 Å². The molecule has 0 bridgehead atoms. The predicted molar refractivity (Wildman–Crippen MR) is 87.5 cm³/mol.